The minimum absolute atomic E-state index is 0.717. The molecule has 1 N–H and O–H groups in total. The predicted octanol–water partition coefficient (Wildman–Crippen LogP) is 11.0. The van der Waals surface area contributed by atoms with Gasteiger partial charge in [-0.15, -0.1) is 22.7 Å². The van der Waals surface area contributed by atoms with E-state index in [0.29, 0.717) is 0 Å². The van der Waals surface area contributed by atoms with E-state index in [1.54, 1.807) is 0 Å². The monoisotopic (exact) mass is 611 g/mol. The van der Waals surface area contributed by atoms with Gasteiger partial charge in [-0.05, 0) is 35.4 Å². The van der Waals surface area contributed by atoms with Crippen molar-refractivity contribution in [2.45, 2.75) is 0 Å². The van der Waals surface area contributed by atoms with Crippen molar-refractivity contribution in [2.75, 3.05) is 6.54 Å². The second-order valence-corrected chi connectivity index (χ2v) is 13.6. The average Bonchev–Trinajstić information content (AvgIpc) is 3.78. The number of thiophene rings is 2. The van der Waals surface area contributed by atoms with Crippen LogP contribution in [0.25, 0.3) is 79.0 Å². The Morgan fingerprint density at radius 1 is 0.533 bits per heavy atom. The predicted molar refractivity (Wildman–Crippen MR) is 196 cm³/mol. The third-order valence-corrected chi connectivity index (χ3v) is 11.6. The zero-order chi connectivity index (χ0) is 29.5. The molecular weight excluding hydrogens is 587 g/mol. The average molecular weight is 612 g/mol. The second kappa shape index (κ2) is 9.63. The summed E-state index contributed by atoms with van der Waals surface area (Å²) < 4.78 is 7.58. The van der Waals surface area contributed by atoms with Gasteiger partial charge in [-0.2, -0.15) is 0 Å². The number of para-hydroxylation sites is 1. The number of fused-ring (bicyclic) bond motifs is 10. The van der Waals surface area contributed by atoms with Gasteiger partial charge in [0, 0.05) is 63.2 Å². The van der Waals surface area contributed by atoms with E-state index in [-0.39, 0.29) is 0 Å². The van der Waals surface area contributed by atoms with Gasteiger partial charge >= 0.3 is 0 Å². The quantitative estimate of drug-likeness (QED) is 0.207. The van der Waals surface area contributed by atoms with Crippen molar-refractivity contribution in [3.05, 3.63) is 139 Å². The number of nitrogens with one attached hydrogen (secondary N) is 1. The fourth-order valence-electron chi connectivity index (χ4n) is 7.07. The molecule has 9 aromatic rings. The largest absolute Gasteiger partial charge is 0.352 e. The Bertz CT molecular complexity index is 2700. The van der Waals surface area contributed by atoms with Crippen LogP contribution in [0.15, 0.2) is 138 Å². The molecule has 212 valence electrons. The Hall–Kier alpha value is -5.23. The van der Waals surface area contributed by atoms with Gasteiger partial charge in [0.05, 0.1) is 16.7 Å². The van der Waals surface area contributed by atoms with Crippen molar-refractivity contribution in [1.82, 2.24) is 9.88 Å². The molecular formula is C40H25N3S2. The van der Waals surface area contributed by atoms with Gasteiger partial charge in [-0.3, -0.25) is 4.57 Å². The molecule has 0 bridgehead atoms. The van der Waals surface area contributed by atoms with Crippen LogP contribution in [0.2, 0.25) is 0 Å². The summed E-state index contributed by atoms with van der Waals surface area (Å²) in [5, 5.41) is 11.4. The highest BCUT2D eigenvalue weighted by Crippen LogP contribution is 2.45. The summed E-state index contributed by atoms with van der Waals surface area (Å²) in [5.41, 5.74) is 7.07. The van der Waals surface area contributed by atoms with Crippen LogP contribution in [0.4, 0.5) is 0 Å². The zero-order valence-electron chi connectivity index (χ0n) is 24.1. The van der Waals surface area contributed by atoms with Crippen molar-refractivity contribution >= 4 is 96.5 Å². The van der Waals surface area contributed by atoms with Gasteiger partial charge in [-0.1, -0.05) is 109 Å². The number of nitrogens with zero attached hydrogens (tertiary/aromatic N) is 2. The topological polar surface area (TPSA) is 29.3 Å². The summed E-state index contributed by atoms with van der Waals surface area (Å²) in [4.78, 5) is 5.33. The molecule has 1 aliphatic heterocycles. The minimum atomic E-state index is 0.717. The molecule has 45 heavy (non-hydrogen) atoms. The molecule has 0 unspecified atom stereocenters. The first-order valence-electron chi connectivity index (χ1n) is 15.2. The molecule has 0 fully saturated rings. The Kier molecular flexibility index (Phi) is 5.38. The van der Waals surface area contributed by atoms with Crippen LogP contribution in [0.1, 0.15) is 5.56 Å². The number of aromatic nitrogens is 1. The van der Waals surface area contributed by atoms with Crippen LogP contribution in [-0.2, 0) is 0 Å². The number of hydrogen-bond acceptors (Lipinski definition) is 4. The van der Waals surface area contributed by atoms with E-state index in [9.17, 15) is 0 Å². The second-order valence-electron chi connectivity index (χ2n) is 11.5. The van der Waals surface area contributed by atoms with E-state index in [0.717, 1.165) is 23.7 Å². The van der Waals surface area contributed by atoms with E-state index in [4.69, 9.17) is 4.99 Å². The summed E-state index contributed by atoms with van der Waals surface area (Å²) in [6.45, 7) is 0.717. The molecule has 1 aliphatic rings. The molecule has 6 aromatic carbocycles. The molecule has 4 heterocycles. The zero-order valence-corrected chi connectivity index (χ0v) is 25.8. The maximum atomic E-state index is 5.33. The van der Waals surface area contributed by atoms with E-state index in [2.05, 4.69) is 143 Å². The van der Waals surface area contributed by atoms with Crippen molar-refractivity contribution in [3.63, 3.8) is 0 Å². The Balaban J connectivity index is 1.21. The number of aliphatic imine (C=N–C) groups is 1. The minimum Gasteiger partial charge on any atom is -0.352 e. The molecule has 0 radical (unpaired) electrons. The maximum absolute atomic E-state index is 5.33. The van der Waals surface area contributed by atoms with E-state index in [1.165, 1.54) is 73.3 Å². The molecule has 0 aliphatic carbocycles. The van der Waals surface area contributed by atoms with Gasteiger partial charge in [0.15, 0.2) is 0 Å². The molecule has 3 aromatic heterocycles. The van der Waals surface area contributed by atoms with Crippen molar-refractivity contribution in [1.29, 1.82) is 0 Å². The summed E-state index contributed by atoms with van der Waals surface area (Å²) in [6, 6.07) is 46.1. The lowest BCUT2D eigenvalue weighted by Gasteiger charge is -2.18. The van der Waals surface area contributed by atoms with Gasteiger partial charge in [-0.25, -0.2) is 4.99 Å². The normalized spacial score (nSPS) is 13.7. The first-order chi connectivity index (χ1) is 22.3. The lowest BCUT2D eigenvalue weighted by atomic mass is 10.0. The van der Waals surface area contributed by atoms with Crippen molar-refractivity contribution in [3.8, 4) is 11.1 Å². The lowest BCUT2D eigenvalue weighted by molar-refractivity contribution is 0.961. The first-order valence-corrected chi connectivity index (χ1v) is 16.8. The summed E-state index contributed by atoms with van der Waals surface area (Å²) >= 11 is 3.76. The molecule has 0 saturated heterocycles. The standard InChI is InChI=1S/C40H25N3S2/c1-2-10-24(11-3-1)25-14-8-16-28-29-20-21-34-36(39(29)45-37(25)28)31-13-4-6-18-33(31)43(34)40-41-23-22-32(42-40)30-17-9-15-27-26-12-5-7-19-35(26)44-38(27)30/h1-22H,23H2,(H,41,42). The van der Waals surface area contributed by atoms with Crippen molar-refractivity contribution in [2.24, 2.45) is 4.99 Å². The Labute approximate surface area is 267 Å². The van der Waals surface area contributed by atoms with E-state index >= 15 is 0 Å². The fraction of sp³-hybridized carbons (Fsp3) is 0.0250. The molecule has 3 nitrogen and oxygen atoms in total. The lowest BCUT2D eigenvalue weighted by Crippen LogP contribution is -2.32. The van der Waals surface area contributed by atoms with Crippen LogP contribution in [0, 0.1) is 0 Å². The number of hydrogen-bond donors (Lipinski definition) is 1. The summed E-state index contributed by atoms with van der Waals surface area (Å²) in [5.74, 6) is 0.863. The van der Waals surface area contributed by atoms with Crippen LogP contribution >= 0.6 is 22.7 Å². The van der Waals surface area contributed by atoms with Gasteiger partial charge in [0.1, 0.15) is 0 Å². The van der Waals surface area contributed by atoms with Crippen LogP contribution in [0.5, 0.6) is 0 Å². The van der Waals surface area contributed by atoms with Crippen LogP contribution < -0.4 is 5.32 Å². The highest BCUT2D eigenvalue weighted by molar-refractivity contribution is 7.27. The summed E-state index contributed by atoms with van der Waals surface area (Å²) in [7, 11) is 0. The molecule has 0 amide bonds. The highest BCUT2D eigenvalue weighted by Gasteiger charge is 2.22. The highest BCUT2D eigenvalue weighted by atomic mass is 32.1. The number of benzene rings is 6. The fourth-order valence-corrected chi connectivity index (χ4v) is 9.69. The molecule has 0 saturated carbocycles. The van der Waals surface area contributed by atoms with Gasteiger partial charge in [0.25, 0.3) is 0 Å². The molecule has 10 rings (SSSR count). The van der Waals surface area contributed by atoms with Crippen LogP contribution in [-0.4, -0.2) is 17.1 Å². The Morgan fingerprint density at radius 2 is 1.22 bits per heavy atom. The van der Waals surface area contributed by atoms with Crippen LogP contribution in [0.3, 0.4) is 0 Å². The van der Waals surface area contributed by atoms with E-state index < -0.39 is 0 Å². The SMILES string of the molecule is C1=C(c2cccc3c2sc2ccccc23)N=C(n2c3ccccc3c3c4sc5c(-c6ccccc6)cccc5c4ccc32)NC1. The molecule has 5 heteroatoms. The van der Waals surface area contributed by atoms with Gasteiger partial charge < -0.3 is 5.32 Å². The molecule has 0 spiro atoms. The maximum Gasteiger partial charge on any atom is 0.208 e. The Morgan fingerprint density at radius 3 is 2.11 bits per heavy atom. The smallest absolute Gasteiger partial charge is 0.208 e. The third-order valence-electron chi connectivity index (χ3n) is 9.06. The molecule has 0 atom stereocenters. The number of rotatable bonds is 2. The third kappa shape index (κ3) is 3.65. The first kappa shape index (κ1) is 25.1. The van der Waals surface area contributed by atoms with E-state index in [1.807, 2.05) is 22.7 Å². The van der Waals surface area contributed by atoms with Gasteiger partial charge in [0.2, 0.25) is 5.96 Å². The summed E-state index contributed by atoms with van der Waals surface area (Å²) in [6.07, 6.45) is 2.21. The van der Waals surface area contributed by atoms with Crippen molar-refractivity contribution < 1.29 is 0 Å².